The number of nitrogens with zero attached hydrogens (tertiary/aromatic N) is 2. The van der Waals surface area contributed by atoms with Crippen molar-refractivity contribution in [2.75, 3.05) is 12.8 Å². The standard InChI is InChI=1S/C9H11N3O.ClH/c1-12-5-6-3-7(10)9(13-2)4-8(6)11-12;/h3-5H,10H2,1-2H3;1H. The van der Waals surface area contributed by atoms with Gasteiger partial charge in [0, 0.05) is 24.7 Å². The number of anilines is 1. The number of rotatable bonds is 1. The van der Waals surface area contributed by atoms with Crippen LogP contribution in [-0.2, 0) is 7.05 Å². The summed E-state index contributed by atoms with van der Waals surface area (Å²) in [7, 11) is 3.48. The molecule has 0 fully saturated rings. The highest BCUT2D eigenvalue weighted by atomic mass is 35.5. The molecule has 0 aliphatic rings. The lowest BCUT2D eigenvalue weighted by molar-refractivity contribution is 0.417. The van der Waals surface area contributed by atoms with Crippen molar-refractivity contribution in [2.45, 2.75) is 0 Å². The lowest BCUT2D eigenvalue weighted by Crippen LogP contribution is -1.91. The van der Waals surface area contributed by atoms with Gasteiger partial charge in [-0.3, -0.25) is 4.68 Å². The summed E-state index contributed by atoms with van der Waals surface area (Å²) >= 11 is 0. The maximum absolute atomic E-state index is 5.74. The zero-order valence-corrected chi connectivity index (χ0v) is 8.84. The van der Waals surface area contributed by atoms with Gasteiger partial charge in [0.2, 0.25) is 0 Å². The molecule has 5 heteroatoms. The third-order valence-corrected chi connectivity index (χ3v) is 1.97. The van der Waals surface area contributed by atoms with Crippen molar-refractivity contribution in [2.24, 2.45) is 7.05 Å². The summed E-state index contributed by atoms with van der Waals surface area (Å²) in [5, 5.41) is 5.27. The van der Waals surface area contributed by atoms with Crippen LogP contribution in [0.15, 0.2) is 18.3 Å². The Kier molecular flexibility index (Phi) is 2.86. The molecule has 2 rings (SSSR count). The number of hydrogen-bond donors (Lipinski definition) is 1. The molecule has 4 nitrogen and oxygen atoms in total. The van der Waals surface area contributed by atoms with Crippen molar-refractivity contribution in [1.29, 1.82) is 0 Å². The van der Waals surface area contributed by atoms with Crippen molar-refractivity contribution in [3.8, 4) is 5.75 Å². The van der Waals surface area contributed by atoms with Gasteiger partial charge in [-0.15, -0.1) is 12.4 Å². The van der Waals surface area contributed by atoms with Crippen molar-refractivity contribution >= 4 is 29.0 Å². The quantitative estimate of drug-likeness (QED) is 0.732. The first-order chi connectivity index (χ1) is 6.20. The number of methoxy groups -OCH3 is 1. The lowest BCUT2D eigenvalue weighted by atomic mass is 10.2. The molecule has 0 saturated carbocycles. The number of benzene rings is 1. The second-order valence-electron chi connectivity index (χ2n) is 2.96. The molecule has 1 aromatic carbocycles. The van der Waals surface area contributed by atoms with Crippen LogP contribution in [0.25, 0.3) is 10.9 Å². The minimum atomic E-state index is 0. The number of nitrogens with two attached hydrogens (primary N) is 1. The molecule has 0 amide bonds. The Morgan fingerprint density at radius 2 is 2.14 bits per heavy atom. The SMILES string of the molecule is COc1cc2nn(C)cc2cc1N.Cl. The lowest BCUT2D eigenvalue weighted by Gasteiger charge is -2.02. The molecule has 0 aliphatic heterocycles. The van der Waals surface area contributed by atoms with Crippen LogP contribution in [0.1, 0.15) is 0 Å². The summed E-state index contributed by atoms with van der Waals surface area (Å²) in [4.78, 5) is 0. The zero-order chi connectivity index (χ0) is 9.42. The highest BCUT2D eigenvalue weighted by molar-refractivity contribution is 5.85. The predicted molar refractivity (Wildman–Crippen MR) is 58.9 cm³/mol. The largest absolute Gasteiger partial charge is 0.495 e. The fourth-order valence-corrected chi connectivity index (χ4v) is 1.37. The number of halogens is 1. The van der Waals surface area contributed by atoms with E-state index in [-0.39, 0.29) is 12.4 Å². The van der Waals surface area contributed by atoms with Gasteiger partial charge in [-0.25, -0.2) is 0 Å². The molecule has 0 unspecified atom stereocenters. The van der Waals surface area contributed by atoms with E-state index in [1.807, 2.05) is 25.4 Å². The Morgan fingerprint density at radius 3 is 2.79 bits per heavy atom. The van der Waals surface area contributed by atoms with E-state index in [2.05, 4.69) is 5.10 Å². The molecule has 0 radical (unpaired) electrons. The predicted octanol–water partition coefficient (Wildman–Crippen LogP) is 1.59. The van der Waals surface area contributed by atoms with E-state index in [0.29, 0.717) is 11.4 Å². The zero-order valence-electron chi connectivity index (χ0n) is 8.02. The van der Waals surface area contributed by atoms with Crippen molar-refractivity contribution < 1.29 is 4.74 Å². The number of aryl methyl sites for hydroxylation is 1. The van der Waals surface area contributed by atoms with Crippen molar-refractivity contribution in [3.63, 3.8) is 0 Å². The topological polar surface area (TPSA) is 53.1 Å². The summed E-state index contributed by atoms with van der Waals surface area (Å²) in [5.41, 5.74) is 7.28. The van der Waals surface area contributed by atoms with Crippen LogP contribution in [-0.4, -0.2) is 16.9 Å². The molecule has 14 heavy (non-hydrogen) atoms. The molecule has 0 saturated heterocycles. The van der Waals surface area contributed by atoms with E-state index in [1.54, 1.807) is 11.8 Å². The third kappa shape index (κ3) is 1.61. The molecule has 76 valence electrons. The molecule has 1 aromatic heterocycles. The van der Waals surface area contributed by atoms with E-state index < -0.39 is 0 Å². The number of hydrogen-bond acceptors (Lipinski definition) is 3. The molecular formula is C9H12ClN3O. The Hall–Kier alpha value is -1.42. The monoisotopic (exact) mass is 213 g/mol. The van der Waals surface area contributed by atoms with Gasteiger partial charge in [0.05, 0.1) is 18.3 Å². The average Bonchev–Trinajstić information content (AvgIpc) is 2.42. The van der Waals surface area contributed by atoms with E-state index >= 15 is 0 Å². The second-order valence-corrected chi connectivity index (χ2v) is 2.96. The van der Waals surface area contributed by atoms with Crippen LogP contribution in [0, 0.1) is 0 Å². The summed E-state index contributed by atoms with van der Waals surface area (Å²) in [6, 6.07) is 3.70. The minimum absolute atomic E-state index is 0. The van der Waals surface area contributed by atoms with E-state index in [0.717, 1.165) is 10.9 Å². The van der Waals surface area contributed by atoms with Gasteiger partial charge in [-0.05, 0) is 6.07 Å². The molecule has 2 aromatic rings. The minimum Gasteiger partial charge on any atom is -0.495 e. The van der Waals surface area contributed by atoms with Gasteiger partial charge in [-0.1, -0.05) is 0 Å². The van der Waals surface area contributed by atoms with Crippen LogP contribution >= 0.6 is 12.4 Å². The van der Waals surface area contributed by atoms with Gasteiger partial charge < -0.3 is 10.5 Å². The second kappa shape index (κ2) is 3.75. The maximum atomic E-state index is 5.74. The normalized spacial score (nSPS) is 9.86. The van der Waals surface area contributed by atoms with E-state index in [1.165, 1.54) is 0 Å². The molecule has 0 aliphatic carbocycles. The first-order valence-corrected chi connectivity index (χ1v) is 3.97. The van der Waals surface area contributed by atoms with E-state index in [9.17, 15) is 0 Å². The van der Waals surface area contributed by atoms with Crippen LogP contribution in [0.4, 0.5) is 5.69 Å². The first kappa shape index (κ1) is 10.7. The van der Waals surface area contributed by atoms with Crippen LogP contribution < -0.4 is 10.5 Å². The van der Waals surface area contributed by atoms with Gasteiger partial charge >= 0.3 is 0 Å². The molecule has 1 heterocycles. The molecule has 0 spiro atoms. The van der Waals surface area contributed by atoms with Crippen LogP contribution in [0.5, 0.6) is 5.75 Å². The van der Waals surface area contributed by atoms with Crippen molar-refractivity contribution in [3.05, 3.63) is 18.3 Å². The smallest absolute Gasteiger partial charge is 0.144 e. The first-order valence-electron chi connectivity index (χ1n) is 3.97. The van der Waals surface area contributed by atoms with Gasteiger partial charge in [0.1, 0.15) is 5.75 Å². The molecule has 0 atom stereocenters. The molecule has 0 bridgehead atoms. The highest BCUT2D eigenvalue weighted by Crippen LogP contribution is 2.26. The Morgan fingerprint density at radius 1 is 1.43 bits per heavy atom. The van der Waals surface area contributed by atoms with Crippen LogP contribution in [0.2, 0.25) is 0 Å². The summed E-state index contributed by atoms with van der Waals surface area (Å²) < 4.78 is 6.84. The fraction of sp³-hybridized carbons (Fsp3) is 0.222. The summed E-state index contributed by atoms with van der Waals surface area (Å²) in [6.45, 7) is 0. The summed E-state index contributed by atoms with van der Waals surface area (Å²) in [5.74, 6) is 0.672. The number of nitrogen functional groups attached to an aromatic ring is 1. The maximum Gasteiger partial charge on any atom is 0.144 e. The summed E-state index contributed by atoms with van der Waals surface area (Å²) in [6.07, 6.45) is 1.92. The number of ether oxygens (including phenoxy) is 1. The van der Waals surface area contributed by atoms with Crippen molar-refractivity contribution in [1.82, 2.24) is 9.78 Å². The fourth-order valence-electron chi connectivity index (χ4n) is 1.37. The highest BCUT2D eigenvalue weighted by Gasteiger charge is 2.04. The van der Waals surface area contributed by atoms with Crippen LogP contribution in [0.3, 0.4) is 0 Å². The number of aromatic nitrogens is 2. The Labute approximate surface area is 88.1 Å². The number of fused-ring (bicyclic) bond motifs is 1. The third-order valence-electron chi connectivity index (χ3n) is 1.97. The average molecular weight is 214 g/mol. The van der Waals surface area contributed by atoms with E-state index in [4.69, 9.17) is 10.5 Å². The van der Waals surface area contributed by atoms with Gasteiger partial charge in [-0.2, -0.15) is 5.10 Å². The van der Waals surface area contributed by atoms with Gasteiger partial charge in [0.25, 0.3) is 0 Å². The van der Waals surface area contributed by atoms with Gasteiger partial charge in [0.15, 0.2) is 0 Å². The Bertz CT molecular complexity index is 452. The molecular weight excluding hydrogens is 202 g/mol. The molecule has 2 N–H and O–H groups in total. The Balaban J connectivity index is 0.000000980.